The first-order chi connectivity index (χ1) is 9.51. The molecule has 6 nitrogen and oxygen atoms in total. The Morgan fingerprint density at radius 2 is 2.10 bits per heavy atom. The van der Waals surface area contributed by atoms with Crippen molar-refractivity contribution in [1.29, 1.82) is 0 Å². The van der Waals surface area contributed by atoms with Gasteiger partial charge in [-0.2, -0.15) is 0 Å². The van der Waals surface area contributed by atoms with Crippen LogP contribution in [0.3, 0.4) is 0 Å². The molecule has 2 rings (SSSR count). The molecule has 0 amide bonds. The molecule has 1 aromatic heterocycles. The van der Waals surface area contributed by atoms with E-state index in [1.807, 2.05) is 12.1 Å². The van der Waals surface area contributed by atoms with Crippen molar-refractivity contribution < 1.29 is 14.1 Å². The number of hydrogen-bond donors (Lipinski definition) is 1. The number of methoxy groups -OCH3 is 1. The molecule has 0 spiro atoms. The second kappa shape index (κ2) is 6.27. The Morgan fingerprint density at radius 1 is 1.35 bits per heavy atom. The maximum Gasteiger partial charge on any atom is 0.433 e. The fraction of sp³-hybridized carbons (Fsp3) is 0.167. The predicted molar refractivity (Wildman–Crippen MR) is 81.1 cm³/mol. The Labute approximate surface area is 131 Å². The van der Waals surface area contributed by atoms with Gasteiger partial charge in [0.2, 0.25) is 0 Å². The van der Waals surface area contributed by atoms with Gasteiger partial charge in [-0.1, -0.05) is 0 Å². The molecule has 2 aromatic rings. The molecule has 0 aliphatic heterocycles. The third-order valence-corrected chi connectivity index (χ3v) is 3.80. The van der Waals surface area contributed by atoms with Crippen LogP contribution in [0.4, 0.5) is 11.6 Å². The number of benzene rings is 1. The second-order valence-electron chi connectivity index (χ2n) is 3.82. The summed E-state index contributed by atoms with van der Waals surface area (Å²) >= 11 is 6.81. The van der Waals surface area contributed by atoms with E-state index in [1.165, 1.54) is 6.07 Å². The second-order valence-corrected chi connectivity index (χ2v) is 5.53. The first kappa shape index (κ1) is 14.9. The minimum atomic E-state index is -0.567. The highest BCUT2D eigenvalue weighted by Gasteiger charge is 2.12. The van der Waals surface area contributed by atoms with E-state index in [4.69, 9.17) is 9.15 Å². The van der Waals surface area contributed by atoms with Crippen molar-refractivity contribution in [3.8, 4) is 5.75 Å². The molecular formula is C12H10Br2N2O4. The van der Waals surface area contributed by atoms with E-state index < -0.39 is 4.92 Å². The van der Waals surface area contributed by atoms with Crippen LogP contribution in [0.25, 0.3) is 0 Å². The fourth-order valence-corrected chi connectivity index (χ4v) is 2.86. The zero-order valence-electron chi connectivity index (χ0n) is 10.4. The van der Waals surface area contributed by atoms with Crippen LogP contribution in [0.5, 0.6) is 5.75 Å². The summed E-state index contributed by atoms with van der Waals surface area (Å²) in [5, 5.41) is 13.6. The molecule has 0 saturated heterocycles. The summed E-state index contributed by atoms with van der Waals surface area (Å²) in [6, 6.07) is 6.56. The van der Waals surface area contributed by atoms with E-state index in [0.717, 1.165) is 14.6 Å². The first-order valence-electron chi connectivity index (χ1n) is 5.51. The number of ether oxygens (including phenoxy) is 1. The van der Waals surface area contributed by atoms with E-state index in [1.54, 1.807) is 13.2 Å². The molecule has 0 saturated carbocycles. The van der Waals surface area contributed by atoms with Gasteiger partial charge in [-0.3, -0.25) is 10.1 Å². The van der Waals surface area contributed by atoms with Gasteiger partial charge < -0.3 is 14.5 Å². The number of furan rings is 1. The molecule has 1 aromatic carbocycles. The average molecular weight is 406 g/mol. The highest BCUT2D eigenvalue weighted by Crippen LogP contribution is 2.34. The Hall–Kier alpha value is -1.54. The van der Waals surface area contributed by atoms with Crippen LogP contribution in [-0.2, 0) is 6.54 Å². The number of hydrogen-bond acceptors (Lipinski definition) is 5. The van der Waals surface area contributed by atoms with Crippen molar-refractivity contribution in [2.24, 2.45) is 0 Å². The summed E-state index contributed by atoms with van der Waals surface area (Å²) in [5.74, 6) is 0.890. The summed E-state index contributed by atoms with van der Waals surface area (Å²) < 4.78 is 11.9. The van der Waals surface area contributed by atoms with Crippen LogP contribution >= 0.6 is 31.9 Å². The van der Waals surface area contributed by atoms with Gasteiger partial charge in [-0.15, -0.1) is 0 Å². The number of nitro groups is 1. The Morgan fingerprint density at radius 3 is 2.70 bits per heavy atom. The van der Waals surface area contributed by atoms with Gasteiger partial charge in [0.1, 0.15) is 16.4 Å². The minimum absolute atomic E-state index is 0.269. The lowest BCUT2D eigenvalue weighted by atomic mass is 10.3. The molecule has 0 radical (unpaired) electrons. The van der Waals surface area contributed by atoms with Gasteiger partial charge in [-0.25, -0.2) is 0 Å². The van der Waals surface area contributed by atoms with Crippen LogP contribution in [0.15, 0.2) is 37.6 Å². The molecule has 106 valence electrons. The lowest BCUT2D eigenvalue weighted by molar-refractivity contribution is -0.402. The van der Waals surface area contributed by atoms with E-state index >= 15 is 0 Å². The monoisotopic (exact) mass is 404 g/mol. The van der Waals surface area contributed by atoms with E-state index in [-0.39, 0.29) is 5.88 Å². The molecule has 1 N–H and O–H groups in total. The summed E-state index contributed by atoms with van der Waals surface area (Å²) in [4.78, 5) is 9.96. The van der Waals surface area contributed by atoms with Crippen LogP contribution < -0.4 is 10.1 Å². The molecule has 8 heteroatoms. The smallest absolute Gasteiger partial charge is 0.433 e. The molecule has 0 atom stereocenters. The Kier molecular flexibility index (Phi) is 4.66. The first-order valence-corrected chi connectivity index (χ1v) is 7.10. The van der Waals surface area contributed by atoms with Crippen LogP contribution in [-0.4, -0.2) is 12.0 Å². The molecule has 20 heavy (non-hydrogen) atoms. The summed E-state index contributed by atoms with van der Waals surface area (Å²) in [6.45, 7) is 0.331. The molecule has 1 heterocycles. The van der Waals surface area contributed by atoms with Gasteiger partial charge in [-0.05, 0) is 44.0 Å². The average Bonchev–Trinajstić information content (AvgIpc) is 2.87. The largest absolute Gasteiger partial charge is 0.495 e. The number of rotatable bonds is 5. The Balaban J connectivity index is 2.12. The molecule has 0 unspecified atom stereocenters. The van der Waals surface area contributed by atoms with E-state index in [9.17, 15) is 10.1 Å². The molecule has 0 aliphatic carbocycles. The highest BCUT2D eigenvalue weighted by molar-refractivity contribution is 9.11. The Bertz CT molecular complexity index is 642. The third-order valence-electron chi connectivity index (χ3n) is 2.52. The van der Waals surface area contributed by atoms with Crippen LogP contribution in [0.2, 0.25) is 0 Å². The SMILES string of the molecule is COc1cc(NCc2ccc([N+](=O)[O-])o2)c(Br)cc1Br. The zero-order chi connectivity index (χ0) is 14.7. The highest BCUT2D eigenvalue weighted by atomic mass is 79.9. The minimum Gasteiger partial charge on any atom is -0.495 e. The summed E-state index contributed by atoms with van der Waals surface area (Å²) in [5.41, 5.74) is 0.795. The fourth-order valence-electron chi connectivity index (χ4n) is 1.56. The van der Waals surface area contributed by atoms with Crippen molar-refractivity contribution >= 4 is 43.4 Å². The number of nitrogens with one attached hydrogen (secondary N) is 1. The molecular weight excluding hydrogens is 396 g/mol. The van der Waals surface area contributed by atoms with Gasteiger partial charge >= 0.3 is 5.88 Å². The summed E-state index contributed by atoms with van der Waals surface area (Å²) in [7, 11) is 1.58. The maximum absolute atomic E-state index is 10.5. The third kappa shape index (κ3) is 3.31. The van der Waals surface area contributed by atoms with Gasteiger partial charge in [0.25, 0.3) is 0 Å². The summed E-state index contributed by atoms with van der Waals surface area (Å²) in [6.07, 6.45) is 0. The van der Waals surface area contributed by atoms with Crippen molar-refractivity contribution in [2.75, 3.05) is 12.4 Å². The number of anilines is 1. The van der Waals surface area contributed by atoms with Crippen molar-refractivity contribution in [3.05, 3.63) is 49.1 Å². The molecule has 0 bridgehead atoms. The quantitative estimate of drug-likeness (QED) is 0.591. The topological polar surface area (TPSA) is 77.5 Å². The lowest BCUT2D eigenvalue weighted by Crippen LogP contribution is -1.99. The van der Waals surface area contributed by atoms with Gasteiger partial charge in [0, 0.05) is 10.5 Å². The van der Waals surface area contributed by atoms with Crippen molar-refractivity contribution in [2.45, 2.75) is 6.54 Å². The normalized spacial score (nSPS) is 10.3. The molecule has 0 aliphatic rings. The number of halogens is 2. The standard InChI is InChI=1S/C12H10Br2N2O4/c1-19-11-5-10(8(13)4-9(11)14)15-6-7-2-3-12(20-7)16(17)18/h2-5,15H,6H2,1H3. The zero-order valence-corrected chi connectivity index (χ0v) is 13.5. The number of nitrogens with zero attached hydrogens (tertiary/aromatic N) is 1. The van der Waals surface area contributed by atoms with Crippen LogP contribution in [0, 0.1) is 10.1 Å². The van der Waals surface area contributed by atoms with Gasteiger partial charge in [0.15, 0.2) is 0 Å². The van der Waals surface area contributed by atoms with E-state index in [0.29, 0.717) is 18.1 Å². The predicted octanol–water partition coefficient (Wildman–Crippen LogP) is 4.33. The van der Waals surface area contributed by atoms with Crippen molar-refractivity contribution in [3.63, 3.8) is 0 Å². The lowest BCUT2D eigenvalue weighted by Gasteiger charge is -2.10. The van der Waals surface area contributed by atoms with Crippen LogP contribution in [0.1, 0.15) is 5.76 Å². The van der Waals surface area contributed by atoms with Crippen molar-refractivity contribution in [1.82, 2.24) is 0 Å². The van der Waals surface area contributed by atoms with Gasteiger partial charge in [0.05, 0.1) is 29.9 Å². The maximum atomic E-state index is 10.5. The molecule has 0 fully saturated rings. The van der Waals surface area contributed by atoms with E-state index in [2.05, 4.69) is 37.2 Å².